The zero-order valence-electron chi connectivity index (χ0n) is 12.7. The molecule has 0 aliphatic rings. The summed E-state index contributed by atoms with van der Waals surface area (Å²) < 4.78 is 0. The number of hydrogen-bond donors (Lipinski definition) is 4. The molecule has 3 atom stereocenters. The number of carboxylic acid groups (broad SMARTS) is 1. The Balaban J connectivity index is 4.62. The molecule has 0 aromatic rings. The number of amides is 3. The lowest BCUT2D eigenvalue weighted by atomic mass is 9.98. The lowest BCUT2D eigenvalue weighted by Crippen LogP contribution is -2.54. The molecule has 0 spiro atoms. The van der Waals surface area contributed by atoms with Crippen LogP contribution in [0.25, 0.3) is 0 Å². The van der Waals surface area contributed by atoms with Crippen LogP contribution in [-0.2, 0) is 19.2 Å². The summed E-state index contributed by atoms with van der Waals surface area (Å²) in [5.41, 5.74) is 0. The van der Waals surface area contributed by atoms with Crippen molar-refractivity contribution in [3.63, 3.8) is 0 Å². The summed E-state index contributed by atoms with van der Waals surface area (Å²) in [6.45, 7) is 5.94. The van der Waals surface area contributed by atoms with E-state index < -0.39 is 36.4 Å². The van der Waals surface area contributed by atoms with Gasteiger partial charge in [0.05, 0.1) is 0 Å². The summed E-state index contributed by atoms with van der Waals surface area (Å²) in [5.74, 6) is -2.67. The van der Waals surface area contributed by atoms with Crippen molar-refractivity contribution in [2.75, 3.05) is 6.54 Å². The fraction of sp³-hybridized carbons (Fsp3) is 0.692. The highest BCUT2D eigenvalue weighted by atomic mass is 16.4. The summed E-state index contributed by atoms with van der Waals surface area (Å²) in [6.07, 6.45) is 0.679. The maximum absolute atomic E-state index is 12.1. The molecule has 0 aliphatic carbocycles. The number of carboxylic acids is 1. The number of carbonyl (C=O) groups is 4. The van der Waals surface area contributed by atoms with Crippen LogP contribution in [0.5, 0.6) is 0 Å². The van der Waals surface area contributed by atoms with Crippen LogP contribution in [0.4, 0.5) is 0 Å². The highest BCUT2D eigenvalue weighted by Gasteiger charge is 2.27. The van der Waals surface area contributed by atoms with Crippen molar-refractivity contribution in [3.8, 4) is 0 Å². The molecule has 0 heterocycles. The summed E-state index contributed by atoms with van der Waals surface area (Å²) in [7, 11) is 0. The zero-order valence-corrected chi connectivity index (χ0v) is 12.7. The van der Waals surface area contributed by atoms with Crippen LogP contribution in [0.15, 0.2) is 0 Å². The van der Waals surface area contributed by atoms with Crippen molar-refractivity contribution < 1.29 is 24.3 Å². The lowest BCUT2D eigenvalue weighted by Gasteiger charge is -2.24. The van der Waals surface area contributed by atoms with E-state index in [1.165, 1.54) is 13.8 Å². The first-order chi connectivity index (χ1) is 9.68. The number of hydrogen-bond acceptors (Lipinski definition) is 4. The van der Waals surface area contributed by atoms with Crippen LogP contribution in [0.3, 0.4) is 0 Å². The Kier molecular flexibility index (Phi) is 8.03. The third-order valence-corrected chi connectivity index (χ3v) is 3.02. The van der Waals surface area contributed by atoms with Crippen molar-refractivity contribution in [3.05, 3.63) is 0 Å². The number of nitrogens with one attached hydrogen (secondary N) is 3. The molecule has 120 valence electrons. The van der Waals surface area contributed by atoms with E-state index in [-0.39, 0.29) is 11.8 Å². The first kappa shape index (κ1) is 18.9. The van der Waals surface area contributed by atoms with Crippen LogP contribution in [0.2, 0.25) is 0 Å². The Morgan fingerprint density at radius 1 is 1.05 bits per heavy atom. The van der Waals surface area contributed by atoms with Gasteiger partial charge in [0.25, 0.3) is 0 Å². The predicted octanol–water partition coefficient (Wildman–Crippen LogP) is -0.757. The van der Waals surface area contributed by atoms with Gasteiger partial charge < -0.3 is 21.1 Å². The van der Waals surface area contributed by atoms with Gasteiger partial charge in [-0.2, -0.15) is 0 Å². The molecule has 21 heavy (non-hydrogen) atoms. The predicted molar refractivity (Wildman–Crippen MR) is 75.3 cm³/mol. The lowest BCUT2D eigenvalue weighted by molar-refractivity contribution is -0.138. The van der Waals surface area contributed by atoms with Gasteiger partial charge in [0.1, 0.15) is 18.6 Å². The molecule has 4 N–H and O–H groups in total. The van der Waals surface area contributed by atoms with Gasteiger partial charge in [0.15, 0.2) is 0 Å². The molecule has 0 rings (SSSR count). The third kappa shape index (κ3) is 7.28. The Labute approximate surface area is 123 Å². The summed E-state index contributed by atoms with van der Waals surface area (Å²) >= 11 is 0. The topological polar surface area (TPSA) is 125 Å². The molecule has 0 aromatic heterocycles. The fourth-order valence-corrected chi connectivity index (χ4v) is 1.61. The standard InChI is InChI=1S/C13H23N3O5/c1-5-7(2)11(16-9(4)17)13(21)15-8(3)12(20)14-6-10(18)19/h7-8,11H,5-6H2,1-4H3,(H,14,20)(H,15,21)(H,16,17)(H,18,19)/t7?,8-,11-/m0/s1. The van der Waals surface area contributed by atoms with Crippen molar-refractivity contribution >= 4 is 23.7 Å². The molecule has 8 heteroatoms. The second-order valence-electron chi connectivity index (χ2n) is 4.91. The van der Waals surface area contributed by atoms with E-state index in [0.717, 1.165) is 0 Å². The minimum Gasteiger partial charge on any atom is -0.480 e. The van der Waals surface area contributed by atoms with E-state index in [9.17, 15) is 19.2 Å². The van der Waals surface area contributed by atoms with E-state index >= 15 is 0 Å². The first-order valence-corrected chi connectivity index (χ1v) is 6.76. The fourth-order valence-electron chi connectivity index (χ4n) is 1.61. The van der Waals surface area contributed by atoms with E-state index in [2.05, 4.69) is 16.0 Å². The van der Waals surface area contributed by atoms with Gasteiger partial charge in [-0.05, 0) is 12.8 Å². The van der Waals surface area contributed by atoms with E-state index in [1.807, 2.05) is 13.8 Å². The first-order valence-electron chi connectivity index (χ1n) is 6.76. The summed E-state index contributed by atoms with van der Waals surface area (Å²) in [4.78, 5) is 45.2. The highest BCUT2D eigenvalue weighted by molar-refractivity contribution is 5.92. The monoisotopic (exact) mass is 301 g/mol. The quantitative estimate of drug-likeness (QED) is 0.469. The Hall–Kier alpha value is -2.12. The maximum Gasteiger partial charge on any atom is 0.322 e. The molecular formula is C13H23N3O5. The van der Waals surface area contributed by atoms with Crippen LogP contribution >= 0.6 is 0 Å². The average Bonchev–Trinajstić information content (AvgIpc) is 2.40. The second-order valence-corrected chi connectivity index (χ2v) is 4.91. The third-order valence-electron chi connectivity index (χ3n) is 3.02. The summed E-state index contributed by atoms with van der Waals surface area (Å²) in [6, 6.07) is -1.63. The van der Waals surface area contributed by atoms with Crippen molar-refractivity contribution in [1.82, 2.24) is 16.0 Å². The van der Waals surface area contributed by atoms with Crippen LogP contribution in [-0.4, -0.2) is 47.4 Å². The van der Waals surface area contributed by atoms with Gasteiger partial charge in [-0.3, -0.25) is 19.2 Å². The van der Waals surface area contributed by atoms with Crippen LogP contribution < -0.4 is 16.0 Å². The number of rotatable bonds is 8. The molecule has 0 radical (unpaired) electrons. The van der Waals surface area contributed by atoms with Gasteiger partial charge in [-0.15, -0.1) is 0 Å². The molecule has 0 fully saturated rings. The van der Waals surface area contributed by atoms with Gasteiger partial charge in [-0.25, -0.2) is 0 Å². The Morgan fingerprint density at radius 2 is 1.62 bits per heavy atom. The highest BCUT2D eigenvalue weighted by Crippen LogP contribution is 2.08. The Morgan fingerprint density at radius 3 is 2.05 bits per heavy atom. The van der Waals surface area contributed by atoms with Gasteiger partial charge in [0, 0.05) is 6.92 Å². The number of aliphatic carboxylic acids is 1. The van der Waals surface area contributed by atoms with E-state index in [4.69, 9.17) is 5.11 Å². The van der Waals surface area contributed by atoms with Gasteiger partial charge in [-0.1, -0.05) is 20.3 Å². The average molecular weight is 301 g/mol. The minimum absolute atomic E-state index is 0.0943. The van der Waals surface area contributed by atoms with Crippen LogP contribution in [0.1, 0.15) is 34.1 Å². The SMILES string of the molecule is CCC(C)[C@H](NC(C)=O)C(=O)N[C@@H](C)C(=O)NCC(=O)O. The summed E-state index contributed by atoms with van der Waals surface area (Å²) in [5, 5.41) is 15.7. The Bertz CT molecular complexity index is 411. The van der Waals surface area contributed by atoms with E-state index in [0.29, 0.717) is 6.42 Å². The molecule has 8 nitrogen and oxygen atoms in total. The number of carbonyl (C=O) groups excluding carboxylic acids is 3. The zero-order chi connectivity index (χ0) is 16.6. The molecule has 0 aromatic carbocycles. The molecule has 1 unspecified atom stereocenters. The normalized spacial score (nSPS) is 14.5. The smallest absolute Gasteiger partial charge is 0.322 e. The van der Waals surface area contributed by atoms with Gasteiger partial charge in [0.2, 0.25) is 17.7 Å². The maximum atomic E-state index is 12.1. The second kappa shape index (κ2) is 8.93. The minimum atomic E-state index is -1.17. The molecule has 0 aliphatic heterocycles. The molecule has 0 bridgehead atoms. The van der Waals surface area contributed by atoms with Gasteiger partial charge >= 0.3 is 5.97 Å². The molecule has 0 saturated heterocycles. The largest absolute Gasteiger partial charge is 0.480 e. The molecule has 0 saturated carbocycles. The van der Waals surface area contributed by atoms with E-state index in [1.54, 1.807) is 0 Å². The molecular weight excluding hydrogens is 278 g/mol. The van der Waals surface area contributed by atoms with Crippen LogP contribution in [0, 0.1) is 5.92 Å². The van der Waals surface area contributed by atoms with Crippen molar-refractivity contribution in [2.24, 2.45) is 5.92 Å². The van der Waals surface area contributed by atoms with Crippen molar-refractivity contribution in [2.45, 2.75) is 46.2 Å². The molecule has 3 amide bonds. The van der Waals surface area contributed by atoms with Crippen molar-refractivity contribution in [1.29, 1.82) is 0 Å².